The van der Waals surface area contributed by atoms with Crippen molar-refractivity contribution in [2.45, 2.75) is 34.2 Å². The summed E-state index contributed by atoms with van der Waals surface area (Å²) in [6, 6.07) is 0. The van der Waals surface area contributed by atoms with Gasteiger partial charge in [0.15, 0.2) is 0 Å². The zero-order valence-electron chi connectivity index (χ0n) is 10.8. The molecule has 0 saturated heterocycles. The van der Waals surface area contributed by atoms with Gasteiger partial charge in [0.1, 0.15) is 5.01 Å². The number of likely N-dealkylation sites (N-methyl/N-ethyl adjacent to an activating group) is 1. The minimum atomic E-state index is 0.903. The van der Waals surface area contributed by atoms with Gasteiger partial charge in [0, 0.05) is 24.5 Å². The fourth-order valence-corrected chi connectivity index (χ4v) is 2.49. The van der Waals surface area contributed by atoms with E-state index in [1.165, 1.54) is 15.6 Å². The molecule has 0 unspecified atom stereocenters. The summed E-state index contributed by atoms with van der Waals surface area (Å²) in [6.07, 6.45) is 0. The molecule has 0 amide bonds. The lowest BCUT2D eigenvalue weighted by molar-refractivity contribution is 0.302. The fraction of sp³-hybridized carbons (Fsp3) is 0.750. The first-order valence-corrected chi connectivity index (χ1v) is 6.85. The molecule has 0 saturated carbocycles. The van der Waals surface area contributed by atoms with Crippen LogP contribution in [-0.2, 0) is 6.54 Å². The van der Waals surface area contributed by atoms with Gasteiger partial charge in [-0.1, -0.05) is 13.8 Å². The SMILES string of the molecule is CCN(CC)CCNCc1nc(C)c(C)s1. The van der Waals surface area contributed by atoms with Crippen molar-refractivity contribution in [2.75, 3.05) is 26.2 Å². The number of thiazole rings is 1. The smallest absolute Gasteiger partial charge is 0.107 e. The van der Waals surface area contributed by atoms with Gasteiger partial charge < -0.3 is 10.2 Å². The maximum atomic E-state index is 4.51. The number of hydrogen-bond acceptors (Lipinski definition) is 4. The molecule has 1 rings (SSSR count). The van der Waals surface area contributed by atoms with Crippen molar-refractivity contribution in [3.8, 4) is 0 Å². The Morgan fingerprint density at radius 3 is 2.44 bits per heavy atom. The van der Waals surface area contributed by atoms with Crippen LogP contribution < -0.4 is 5.32 Å². The lowest BCUT2D eigenvalue weighted by Gasteiger charge is -2.17. The van der Waals surface area contributed by atoms with Crippen LogP contribution in [0.15, 0.2) is 0 Å². The molecule has 0 spiro atoms. The first-order valence-electron chi connectivity index (χ1n) is 6.03. The van der Waals surface area contributed by atoms with Crippen LogP contribution in [-0.4, -0.2) is 36.1 Å². The second-order valence-corrected chi connectivity index (χ2v) is 5.24. The van der Waals surface area contributed by atoms with E-state index < -0.39 is 0 Å². The Bertz CT molecular complexity index is 286. The molecule has 16 heavy (non-hydrogen) atoms. The average molecular weight is 241 g/mol. The molecule has 1 heterocycles. The minimum absolute atomic E-state index is 0.903. The van der Waals surface area contributed by atoms with E-state index in [4.69, 9.17) is 0 Å². The topological polar surface area (TPSA) is 28.2 Å². The van der Waals surface area contributed by atoms with E-state index in [1.807, 2.05) is 0 Å². The Hall–Kier alpha value is -0.450. The summed E-state index contributed by atoms with van der Waals surface area (Å²) in [7, 11) is 0. The van der Waals surface area contributed by atoms with Gasteiger partial charge in [-0.2, -0.15) is 0 Å². The molecule has 0 atom stereocenters. The maximum absolute atomic E-state index is 4.51. The van der Waals surface area contributed by atoms with Crippen LogP contribution >= 0.6 is 11.3 Å². The lowest BCUT2D eigenvalue weighted by atomic mass is 10.4. The third kappa shape index (κ3) is 4.20. The normalized spacial score (nSPS) is 11.3. The molecule has 0 aliphatic rings. The van der Waals surface area contributed by atoms with Gasteiger partial charge in [0.25, 0.3) is 0 Å². The first kappa shape index (κ1) is 13.6. The second kappa shape index (κ2) is 6.99. The second-order valence-electron chi connectivity index (χ2n) is 3.95. The quantitative estimate of drug-likeness (QED) is 0.742. The Morgan fingerprint density at radius 2 is 1.94 bits per heavy atom. The molecule has 1 aromatic heterocycles. The van der Waals surface area contributed by atoms with Gasteiger partial charge in [-0.05, 0) is 26.9 Å². The molecule has 0 radical (unpaired) electrons. The van der Waals surface area contributed by atoms with Crippen molar-refractivity contribution in [3.63, 3.8) is 0 Å². The molecule has 0 aromatic carbocycles. The maximum Gasteiger partial charge on any atom is 0.107 e. The average Bonchev–Trinajstić information content (AvgIpc) is 2.59. The van der Waals surface area contributed by atoms with Gasteiger partial charge in [-0.25, -0.2) is 4.98 Å². The molecule has 0 fully saturated rings. The number of nitrogens with zero attached hydrogens (tertiary/aromatic N) is 2. The molecule has 0 bridgehead atoms. The van der Waals surface area contributed by atoms with Crippen LogP contribution in [0.4, 0.5) is 0 Å². The zero-order chi connectivity index (χ0) is 12.0. The number of aryl methyl sites for hydroxylation is 2. The third-order valence-corrected chi connectivity index (χ3v) is 3.92. The summed E-state index contributed by atoms with van der Waals surface area (Å²) >= 11 is 1.80. The molecule has 1 aromatic rings. The summed E-state index contributed by atoms with van der Waals surface area (Å²) in [5, 5.41) is 4.65. The molecular weight excluding hydrogens is 218 g/mol. The van der Waals surface area contributed by atoms with E-state index in [-0.39, 0.29) is 0 Å². The van der Waals surface area contributed by atoms with E-state index in [0.717, 1.165) is 32.7 Å². The van der Waals surface area contributed by atoms with Gasteiger partial charge in [0.2, 0.25) is 0 Å². The van der Waals surface area contributed by atoms with E-state index in [2.05, 4.69) is 42.9 Å². The van der Waals surface area contributed by atoms with Gasteiger partial charge >= 0.3 is 0 Å². The molecule has 92 valence electrons. The van der Waals surface area contributed by atoms with Crippen molar-refractivity contribution in [2.24, 2.45) is 0 Å². The number of aromatic nitrogens is 1. The number of nitrogens with one attached hydrogen (secondary N) is 1. The van der Waals surface area contributed by atoms with E-state index in [1.54, 1.807) is 11.3 Å². The standard InChI is InChI=1S/C12H23N3S/c1-5-15(6-2)8-7-13-9-12-14-10(3)11(4)16-12/h13H,5-9H2,1-4H3. The predicted octanol–water partition coefficient (Wildman–Crippen LogP) is 2.19. The van der Waals surface area contributed by atoms with E-state index >= 15 is 0 Å². The van der Waals surface area contributed by atoms with Gasteiger partial charge in [-0.15, -0.1) is 11.3 Å². The third-order valence-electron chi connectivity index (χ3n) is 2.85. The van der Waals surface area contributed by atoms with Crippen LogP contribution in [0.2, 0.25) is 0 Å². The highest BCUT2D eigenvalue weighted by atomic mass is 32.1. The van der Waals surface area contributed by atoms with Crippen molar-refractivity contribution >= 4 is 11.3 Å². The highest BCUT2D eigenvalue weighted by molar-refractivity contribution is 7.11. The molecule has 4 heteroatoms. The van der Waals surface area contributed by atoms with Crippen LogP contribution in [0.5, 0.6) is 0 Å². The van der Waals surface area contributed by atoms with E-state index in [0.29, 0.717) is 0 Å². The van der Waals surface area contributed by atoms with Crippen LogP contribution in [0.25, 0.3) is 0 Å². The van der Waals surface area contributed by atoms with Crippen molar-refractivity contribution in [1.29, 1.82) is 0 Å². The molecule has 0 aliphatic heterocycles. The van der Waals surface area contributed by atoms with Crippen molar-refractivity contribution < 1.29 is 0 Å². The fourth-order valence-electron chi connectivity index (χ4n) is 1.59. The van der Waals surface area contributed by atoms with Crippen molar-refractivity contribution in [3.05, 3.63) is 15.6 Å². The number of hydrogen-bond donors (Lipinski definition) is 1. The molecule has 3 nitrogen and oxygen atoms in total. The van der Waals surface area contributed by atoms with Crippen LogP contribution in [0, 0.1) is 13.8 Å². The Balaban J connectivity index is 2.20. The number of rotatable bonds is 7. The summed E-state index contributed by atoms with van der Waals surface area (Å²) in [4.78, 5) is 8.27. The summed E-state index contributed by atoms with van der Waals surface area (Å²) in [5.41, 5.74) is 1.17. The van der Waals surface area contributed by atoms with Crippen LogP contribution in [0.3, 0.4) is 0 Å². The summed E-state index contributed by atoms with van der Waals surface area (Å²) < 4.78 is 0. The predicted molar refractivity (Wildman–Crippen MR) is 71.1 cm³/mol. The van der Waals surface area contributed by atoms with Gasteiger partial charge in [-0.3, -0.25) is 0 Å². The van der Waals surface area contributed by atoms with Crippen molar-refractivity contribution in [1.82, 2.24) is 15.2 Å². The molecule has 0 aliphatic carbocycles. The van der Waals surface area contributed by atoms with Gasteiger partial charge in [0.05, 0.1) is 5.69 Å². The molecule has 1 N–H and O–H groups in total. The highest BCUT2D eigenvalue weighted by Crippen LogP contribution is 2.15. The highest BCUT2D eigenvalue weighted by Gasteiger charge is 2.03. The lowest BCUT2D eigenvalue weighted by Crippen LogP contribution is -2.31. The summed E-state index contributed by atoms with van der Waals surface area (Å²) in [5.74, 6) is 0. The van der Waals surface area contributed by atoms with E-state index in [9.17, 15) is 0 Å². The Labute approximate surface area is 103 Å². The zero-order valence-corrected chi connectivity index (χ0v) is 11.7. The Morgan fingerprint density at radius 1 is 1.25 bits per heavy atom. The Kier molecular flexibility index (Phi) is 5.95. The largest absolute Gasteiger partial charge is 0.309 e. The monoisotopic (exact) mass is 241 g/mol. The summed E-state index contributed by atoms with van der Waals surface area (Å²) in [6.45, 7) is 13.9. The van der Waals surface area contributed by atoms with Crippen LogP contribution in [0.1, 0.15) is 29.4 Å². The minimum Gasteiger partial charge on any atom is -0.309 e. The molecular formula is C12H23N3S. The first-order chi connectivity index (χ1) is 7.67.